The van der Waals surface area contributed by atoms with Crippen molar-refractivity contribution in [2.75, 3.05) is 6.54 Å². The van der Waals surface area contributed by atoms with Gasteiger partial charge in [-0.1, -0.05) is 19.4 Å². The molecule has 0 amide bonds. The van der Waals surface area contributed by atoms with Gasteiger partial charge in [0.05, 0.1) is 0 Å². The summed E-state index contributed by atoms with van der Waals surface area (Å²) in [6.45, 7) is 3.25. The van der Waals surface area contributed by atoms with E-state index in [1.165, 1.54) is 24.8 Å². The highest BCUT2D eigenvalue weighted by atomic mass is 14.9. The molecule has 3 unspecified atom stereocenters. The number of nitrogens with zero attached hydrogens (tertiary/aromatic N) is 1. The summed E-state index contributed by atoms with van der Waals surface area (Å²) < 4.78 is 0. The van der Waals surface area contributed by atoms with E-state index in [0.29, 0.717) is 6.04 Å². The van der Waals surface area contributed by atoms with Gasteiger partial charge in [0, 0.05) is 18.4 Å². The van der Waals surface area contributed by atoms with Gasteiger partial charge in [-0.2, -0.15) is 0 Å². The summed E-state index contributed by atoms with van der Waals surface area (Å²) in [6.07, 6.45) is 8.26. The van der Waals surface area contributed by atoms with E-state index in [1.807, 2.05) is 12.4 Å². The van der Waals surface area contributed by atoms with Gasteiger partial charge in [-0.15, -0.1) is 0 Å². The summed E-state index contributed by atoms with van der Waals surface area (Å²) in [6, 6.07) is 4.82. The van der Waals surface area contributed by atoms with Crippen LogP contribution in [0.2, 0.25) is 0 Å². The van der Waals surface area contributed by atoms with Gasteiger partial charge in [-0.05, 0) is 48.8 Å². The monoisotopic (exact) mass is 216 g/mol. The number of nitrogens with one attached hydrogen (secondary N) is 1. The summed E-state index contributed by atoms with van der Waals surface area (Å²) >= 11 is 0. The Morgan fingerprint density at radius 3 is 2.88 bits per heavy atom. The molecule has 0 saturated heterocycles. The van der Waals surface area contributed by atoms with E-state index < -0.39 is 0 Å². The number of rotatable bonds is 4. The van der Waals surface area contributed by atoms with Crippen molar-refractivity contribution >= 4 is 0 Å². The van der Waals surface area contributed by atoms with Crippen LogP contribution in [0.3, 0.4) is 0 Å². The van der Waals surface area contributed by atoms with Gasteiger partial charge < -0.3 is 5.32 Å². The second-order valence-electron chi connectivity index (χ2n) is 5.16. The lowest BCUT2D eigenvalue weighted by Gasteiger charge is -2.19. The molecule has 86 valence electrons. The molecule has 1 heterocycles. The lowest BCUT2D eigenvalue weighted by molar-refractivity contribution is 0.425. The summed E-state index contributed by atoms with van der Waals surface area (Å²) in [5, 5.41) is 3.65. The Labute approximate surface area is 97.5 Å². The SMILES string of the molecule is CCNC(c1cccnc1)C1C2CCCC21. The first-order chi connectivity index (χ1) is 7.92. The Morgan fingerprint density at radius 1 is 1.44 bits per heavy atom. The Balaban J connectivity index is 1.77. The molecule has 0 aromatic carbocycles. The molecule has 0 aliphatic heterocycles. The molecule has 0 radical (unpaired) electrons. The lowest BCUT2D eigenvalue weighted by atomic mass is 9.98. The average Bonchev–Trinajstić information content (AvgIpc) is 2.80. The molecule has 2 fully saturated rings. The third-order valence-corrected chi connectivity index (χ3v) is 4.33. The lowest BCUT2D eigenvalue weighted by Crippen LogP contribution is -2.24. The second-order valence-corrected chi connectivity index (χ2v) is 5.16. The average molecular weight is 216 g/mol. The van der Waals surface area contributed by atoms with E-state index in [1.54, 1.807) is 0 Å². The summed E-state index contributed by atoms with van der Waals surface area (Å²) in [7, 11) is 0. The van der Waals surface area contributed by atoms with E-state index in [2.05, 4.69) is 29.4 Å². The van der Waals surface area contributed by atoms with Gasteiger partial charge >= 0.3 is 0 Å². The molecule has 1 aromatic heterocycles. The van der Waals surface area contributed by atoms with Crippen molar-refractivity contribution in [2.24, 2.45) is 17.8 Å². The van der Waals surface area contributed by atoms with Crippen molar-refractivity contribution in [3.05, 3.63) is 30.1 Å². The number of fused-ring (bicyclic) bond motifs is 1. The first kappa shape index (κ1) is 10.3. The Morgan fingerprint density at radius 2 is 2.25 bits per heavy atom. The fourth-order valence-electron chi connectivity index (χ4n) is 3.63. The van der Waals surface area contributed by atoms with Crippen LogP contribution in [0.25, 0.3) is 0 Å². The molecule has 2 heteroatoms. The highest BCUT2D eigenvalue weighted by molar-refractivity contribution is 5.20. The fraction of sp³-hybridized carbons (Fsp3) is 0.643. The largest absolute Gasteiger partial charge is 0.310 e. The zero-order valence-corrected chi connectivity index (χ0v) is 9.89. The fourth-order valence-corrected chi connectivity index (χ4v) is 3.63. The Bertz CT molecular complexity index is 339. The standard InChI is InChI=1S/C14H20N2/c1-2-16-14(10-5-4-8-15-9-10)13-11-6-3-7-12(11)13/h4-5,8-9,11-14,16H,2-3,6-7H2,1H3. The van der Waals surface area contributed by atoms with E-state index in [-0.39, 0.29) is 0 Å². The van der Waals surface area contributed by atoms with Crippen LogP contribution in [0.1, 0.15) is 37.8 Å². The molecule has 2 aliphatic rings. The predicted octanol–water partition coefficient (Wildman–Crippen LogP) is 2.78. The van der Waals surface area contributed by atoms with Gasteiger partial charge in [-0.3, -0.25) is 4.98 Å². The summed E-state index contributed by atoms with van der Waals surface area (Å²) in [4.78, 5) is 4.25. The maximum absolute atomic E-state index is 4.25. The normalized spacial score (nSPS) is 33.4. The molecular weight excluding hydrogens is 196 g/mol. The first-order valence-electron chi connectivity index (χ1n) is 6.55. The topological polar surface area (TPSA) is 24.9 Å². The van der Waals surface area contributed by atoms with Gasteiger partial charge in [0.1, 0.15) is 0 Å². The summed E-state index contributed by atoms with van der Waals surface area (Å²) in [5.74, 6) is 2.89. The number of pyridine rings is 1. The minimum atomic E-state index is 0.550. The zero-order chi connectivity index (χ0) is 11.0. The van der Waals surface area contributed by atoms with Crippen LogP contribution in [-0.2, 0) is 0 Å². The van der Waals surface area contributed by atoms with Crippen LogP contribution < -0.4 is 5.32 Å². The van der Waals surface area contributed by atoms with Crippen LogP contribution >= 0.6 is 0 Å². The maximum atomic E-state index is 4.25. The molecule has 0 bridgehead atoms. The van der Waals surface area contributed by atoms with Crippen molar-refractivity contribution in [1.29, 1.82) is 0 Å². The highest BCUT2D eigenvalue weighted by Gasteiger charge is 2.55. The molecule has 2 aliphatic carbocycles. The van der Waals surface area contributed by atoms with Crippen LogP contribution in [0.15, 0.2) is 24.5 Å². The smallest absolute Gasteiger partial charge is 0.0369 e. The highest BCUT2D eigenvalue weighted by Crippen LogP contribution is 2.62. The number of aromatic nitrogens is 1. The first-order valence-corrected chi connectivity index (χ1v) is 6.55. The Kier molecular flexibility index (Phi) is 2.68. The maximum Gasteiger partial charge on any atom is 0.0369 e. The predicted molar refractivity (Wildman–Crippen MR) is 65.0 cm³/mol. The van der Waals surface area contributed by atoms with Crippen LogP contribution in [0, 0.1) is 17.8 Å². The van der Waals surface area contributed by atoms with E-state index >= 15 is 0 Å². The van der Waals surface area contributed by atoms with E-state index in [4.69, 9.17) is 0 Å². The van der Waals surface area contributed by atoms with Gasteiger partial charge in [0.2, 0.25) is 0 Å². The van der Waals surface area contributed by atoms with Crippen molar-refractivity contribution < 1.29 is 0 Å². The van der Waals surface area contributed by atoms with E-state index in [9.17, 15) is 0 Å². The van der Waals surface area contributed by atoms with Crippen molar-refractivity contribution in [3.8, 4) is 0 Å². The van der Waals surface area contributed by atoms with Crippen LogP contribution in [0.5, 0.6) is 0 Å². The van der Waals surface area contributed by atoms with Gasteiger partial charge in [0.15, 0.2) is 0 Å². The third kappa shape index (κ3) is 1.65. The summed E-state index contributed by atoms with van der Waals surface area (Å²) in [5.41, 5.74) is 1.38. The number of hydrogen-bond acceptors (Lipinski definition) is 2. The van der Waals surface area contributed by atoms with Gasteiger partial charge in [0.25, 0.3) is 0 Å². The molecule has 0 spiro atoms. The molecule has 3 rings (SSSR count). The third-order valence-electron chi connectivity index (χ3n) is 4.33. The minimum absolute atomic E-state index is 0.550. The van der Waals surface area contributed by atoms with E-state index in [0.717, 1.165) is 24.3 Å². The second kappa shape index (κ2) is 4.17. The molecular formula is C14H20N2. The van der Waals surface area contributed by atoms with Crippen molar-refractivity contribution in [2.45, 2.75) is 32.2 Å². The molecule has 1 aromatic rings. The number of hydrogen-bond donors (Lipinski definition) is 1. The van der Waals surface area contributed by atoms with Crippen LogP contribution in [-0.4, -0.2) is 11.5 Å². The molecule has 2 nitrogen and oxygen atoms in total. The van der Waals surface area contributed by atoms with Crippen molar-refractivity contribution in [1.82, 2.24) is 10.3 Å². The molecule has 1 N–H and O–H groups in total. The molecule has 2 saturated carbocycles. The minimum Gasteiger partial charge on any atom is -0.310 e. The molecule has 3 atom stereocenters. The molecule has 16 heavy (non-hydrogen) atoms. The quantitative estimate of drug-likeness (QED) is 0.837. The van der Waals surface area contributed by atoms with Gasteiger partial charge in [-0.25, -0.2) is 0 Å². The van der Waals surface area contributed by atoms with Crippen molar-refractivity contribution in [3.63, 3.8) is 0 Å². The van der Waals surface area contributed by atoms with Crippen LogP contribution in [0.4, 0.5) is 0 Å². The zero-order valence-electron chi connectivity index (χ0n) is 9.89. The Hall–Kier alpha value is -0.890.